The SMILES string of the molecule is CC(C)=CCC/C(C)=C/CO[C@@H]1O[C@H](CO)[C@@H](OC(=O)/C=C/c2ccc(O)c(O)c2)[C@H](O[C@@H]2O[C@@H](C)[C@H](O)[C@@H](O)[C@H]2O)[C@H]1O. The Kier molecular flexibility index (Phi) is 13.3. The highest BCUT2D eigenvalue weighted by molar-refractivity contribution is 5.87. The van der Waals surface area contributed by atoms with Crippen LogP contribution in [0.15, 0.2) is 47.6 Å². The summed E-state index contributed by atoms with van der Waals surface area (Å²) in [6.07, 6.45) is -6.53. The predicted octanol–water partition coefficient (Wildman–Crippen LogP) is 1.02. The summed E-state index contributed by atoms with van der Waals surface area (Å²) in [6.45, 7) is 6.79. The first kappa shape index (κ1) is 35.6. The van der Waals surface area contributed by atoms with Crippen molar-refractivity contribution < 1.29 is 64.2 Å². The molecule has 2 heterocycles. The maximum atomic E-state index is 12.8. The lowest BCUT2D eigenvalue weighted by atomic mass is 9.97. The van der Waals surface area contributed by atoms with Crippen molar-refractivity contribution in [3.63, 3.8) is 0 Å². The molecule has 10 atom stereocenters. The van der Waals surface area contributed by atoms with Crippen molar-refractivity contribution in [2.24, 2.45) is 0 Å². The maximum Gasteiger partial charge on any atom is 0.331 e. The van der Waals surface area contributed by atoms with Gasteiger partial charge in [-0.25, -0.2) is 4.79 Å². The van der Waals surface area contributed by atoms with Crippen molar-refractivity contribution in [3.05, 3.63) is 53.1 Å². The number of carbonyl (C=O) groups is 1. The number of hydrogen-bond acceptors (Lipinski definition) is 13. The van der Waals surface area contributed by atoms with Gasteiger partial charge in [-0.15, -0.1) is 0 Å². The molecule has 0 amide bonds. The number of carbonyl (C=O) groups excluding carboxylic acids is 1. The van der Waals surface area contributed by atoms with Crippen LogP contribution in [0.3, 0.4) is 0 Å². The second-order valence-corrected chi connectivity index (χ2v) is 11.2. The van der Waals surface area contributed by atoms with Gasteiger partial charge in [0.15, 0.2) is 30.2 Å². The third-order valence-electron chi connectivity index (χ3n) is 7.34. The number of rotatable bonds is 12. The summed E-state index contributed by atoms with van der Waals surface area (Å²) in [6, 6.07) is 3.90. The Balaban J connectivity index is 1.80. The highest BCUT2D eigenvalue weighted by Gasteiger charge is 2.52. The molecule has 0 saturated carbocycles. The normalized spacial score (nSPS) is 32.9. The first-order valence-corrected chi connectivity index (χ1v) is 14.4. The topological polar surface area (TPSA) is 205 Å². The number of ether oxygens (including phenoxy) is 5. The number of hydrogen-bond donors (Lipinski definition) is 7. The molecule has 44 heavy (non-hydrogen) atoms. The van der Waals surface area contributed by atoms with Crippen molar-refractivity contribution in [1.82, 2.24) is 0 Å². The molecule has 1 aromatic rings. The number of phenolic OH excluding ortho intramolecular Hbond substituents is 2. The van der Waals surface area contributed by atoms with Crippen LogP contribution in [0.2, 0.25) is 0 Å². The van der Waals surface area contributed by atoms with Gasteiger partial charge < -0.3 is 59.4 Å². The third-order valence-corrected chi connectivity index (χ3v) is 7.34. The summed E-state index contributed by atoms with van der Waals surface area (Å²) in [5.41, 5.74) is 2.62. The van der Waals surface area contributed by atoms with Crippen molar-refractivity contribution in [2.75, 3.05) is 13.2 Å². The van der Waals surface area contributed by atoms with E-state index in [9.17, 15) is 40.5 Å². The number of aromatic hydroxyl groups is 2. The minimum atomic E-state index is -1.73. The van der Waals surface area contributed by atoms with Gasteiger partial charge in [-0.2, -0.15) is 0 Å². The number of allylic oxidation sites excluding steroid dienone is 3. The molecule has 246 valence electrons. The summed E-state index contributed by atoms with van der Waals surface area (Å²) in [7, 11) is 0. The molecule has 0 aliphatic carbocycles. The molecule has 1 aromatic carbocycles. The molecule has 0 bridgehead atoms. The summed E-state index contributed by atoms with van der Waals surface area (Å²) in [5, 5.41) is 71.5. The molecule has 0 spiro atoms. The van der Waals surface area contributed by atoms with Gasteiger partial charge in [-0.1, -0.05) is 29.4 Å². The van der Waals surface area contributed by atoms with Crippen LogP contribution < -0.4 is 0 Å². The van der Waals surface area contributed by atoms with E-state index in [1.54, 1.807) is 0 Å². The molecular weight excluding hydrogens is 580 g/mol. The molecule has 13 heteroatoms. The maximum absolute atomic E-state index is 12.8. The second kappa shape index (κ2) is 16.5. The average molecular weight is 625 g/mol. The van der Waals surface area contributed by atoms with E-state index in [4.69, 9.17) is 23.7 Å². The number of phenols is 2. The van der Waals surface area contributed by atoms with Crippen LogP contribution in [0.4, 0.5) is 0 Å². The van der Waals surface area contributed by atoms with E-state index in [2.05, 4.69) is 6.08 Å². The van der Waals surface area contributed by atoms with Gasteiger partial charge in [0.1, 0.15) is 36.6 Å². The van der Waals surface area contributed by atoms with Gasteiger partial charge in [-0.3, -0.25) is 0 Å². The lowest BCUT2D eigenvalue weighted by Crippen LogP contribution is -2.65. The first-order valence-electron chi connectivity index (χ1n) is 14.4. The average Bonchev–Trinajstić information content (AvgIpc) is 2.97. The molecule has 0 aromatic heterocycles. The van der Waals surface area contributed by atoms with Gasteiger partial charge in [0.2, 0.25) is 0 Å². The molecule has 13 nitrogen and oxygen atoms in total. The molecule has 2 aliphatic heterocycles. The number of benzene rings is 1. The van der Waals surface area contributed by atoms with Crippen molar-refractivity contribution >= 4 is 12.0 Å². The van der Waals surface area contributed by atoms with E-state index in [1.807, 2.05) is 26.8 Å². The fourth-order valence-corrected chi connectivity index (χ4v) is 4.71. The molecular formula is C31H44O13. The van der Waals surface area contributed by atoms with Gasteiger partial charge in [0, 0.05) is 6.08 Å². The van der Waals surface area contributed by atoms with Crippen LogP contribution >= 0.6 is 0 Å². The van der Waals surface area contributed by atoms with Crippen LogP contribution in [0.25, 0.3) is 6.08 Å². The van der Waals surface area contributed by atoms with E-state index in [1.165, 1.54) is 36.8 Å². The number of aliphatic hydroxyl groups excluding tert-OH is 5. The first-order chi connectivity index (χ1) is 20.8. The second-order valence-electron chi connectivity index (χ2n) is 11.2. The van der Waals surface area contributed by atoms with Gasteiger partial charge in [0.05, 0.1) is 19.3 Å². The van der Waals surface area contributed by atoms with Crippen molar-refractivity contribution in [1.29, 1.82) is 0 Å². The van der Waals surface area contributed by atoms with Gasteiger partial charge in [0.25, 0.3) is 0 Å². The Hall–Kier alpha value is -2.85. The van der Waals surface area contributed by atoms with E-state index in [-0.39, 0.29) is 12.4 Å². The van der Waals surface area contributed by atoms with E-state index < -0.39 is 79.7 Å². The van der Waals surface area contributed by atoms with E-state index in [0.29, 0.717) is 5.56 Å². The highest BCUT2D eigenvalue weighted by Crippen LogP contribution is 2.31. The fraction of sp³-hybridized carbons (Fsp3) is 0.581. The Labute approximate surface area is 256 Å². The standard InChI is InChI=1S/C31H44O13/c1-16(2)6-5-7-17(3)12-13-40-30-27(39)29(44-31-26(38)25(37)24(36)18(4)41-31)28(22(15-32)42-30)43-23(35)11-9-19-8-10-20(33)21(34)14-19/h6,8-12,14,18,22,24-34,36-39H,5,7,13,15H2,1-4H3/b11-9+,17-12+/t18-,22+,24-,25+,26+,27+,28+,29+,30+,31-/m0/s1. The largest absolute Gasteiger partial charge is 0.504 e. The summed E-state index contributed by atoms with van der Waals surface area (Å²) in [4.78, 5) is 12.8. The van der Waals surface area contributed by atoms with E-state index in [0.717, 1.165) is 24.5 Å². The summed E-state index contributed by atoms with van der Waals surface area (Å²) < 4.78 is 28.5. The summed E-state index contributed by atoms with van der Waals surface area (Å²) >= 11 is 0. The Bertz CT molecular complexity index is 1180. The lowest BCUT2D eigenvalue weighted by Gasteiger charge is -2.46. The van der Waals surface area contributed by atoms with Crippen molar-refractivity contribution in [2.45, 2.75) is 102 Å². The number of aliphatic hydroxyl groups is 5. The lowest BCUT2D eigenvalue weighted by molar-refractivity contribution is -0.356. The Morgan fingerprint density at radius 2 is 1.64 bits per heavy atom. The molecule has 7 N–H and O–H groups in total. The Morgan fingerprint density at radius 1 is 0.909 bits per heavy atom. The molecule has 2 aliphatic rings. The smallest absolute Gasteiger partial charge is 0.331 e. The van der Waals surface area contributed by atoms with Crippen molar-refractivity contribution in [3.8, 4) is 11.5 Å². The monoisotopic (exact) mass is 624 g/mol. The van der Waals surface area contributed by atoms with Crippen LogP contribution in [-0.4, -0.2) is 116 Å². The molecule has 2 fully saturated rings. The predicted molar refractivity (Wildman–Crippen MR) is 156 cm³/mol. The summed E-state index contributed by atoms with van der Waals surface area (Å²) in [5.74, 6) is -1.67. The highest BCUT2D eigenvalue weighted by atomic mass is 16.7. The third kappa shape index (κ3) is 9.57. The Morgan fingerprint density at radius 3 is 2.30 bits per heavy atom. The molecule has 0 radical (unpaired) electrons. The molecule has 2 saturated heterocycles. The quantitative estimate of drug-likeness (QED) is 0.0752. The fourth-order valence-electron chi connectivity index (χ4n) is 4.71. The van der Waals surface area contributed by atoms with Gasteiger partial charge in [-0.05, 0) is 64.3 Å². The molecule has 0 unspecified atom stereocenters. The zero-order valence-electron chi connectivity index (χ0n) is 25.2. The van der Waals surface area contributed by atoms with Crippen LogP contribution in [0.1, 0.15) is 46.1 Å². The zero-order chi connectivity index (χ0) is 32.6. The molecule has 3 rings (SSSR count). The zero-order valence-corrected chi connectivity index (χ0v) is 25.2. The number of esters is 1. The van der Waals surface area contributed by atoms with E-state index >= 15 is 0 Å². The van der Waals surface area contributed by atoms with Crippen LogP contribution in [-0.2, 0) is 28.5 Å². The minimum absolute atomic E-state index is 0.0460. The van der Waals surface area contributed by atoms with Gasteiger partial charge >= 0.3 is 5.97 Å². The van der Waals surface area contributed by atoms with Crippen LogP contribution in [0.5, 0.6) is 11.5 Å². The minimum Gasteiger partial charge on any atom is -0.504 e. The van der Waals surface area contributed by atoms with Crippen LogP contribution in [0, 0.1) is 0 Å².